The smallest absolute Gasteiger partial charge is 0.0686 e. The van der Waals surface area contributed by atoms with Gasteiger partial charge in [0, 0.05) is 0 Å². The second kappa shape index (κ2) is 15.7. The van der Waals surface area contributed by atoms with Crippen LogP contribution in [0.3, 0.4) is 0 Å². The lowest BCUT2D eigenvalue weighted by atomic mass is 9.34. The minimum Gasteiger partial charge on any atom is -0.0686 e. The van der Waals surface area contributed by atoms with Crippen molar-refractivity contribution in [3.63, 3.8) is 0 Å². The van der Waals surface area contributed by atoms with Crippen molar-refractivity contribution in [2.45, 2.75) is 83.1 Å². The summed E-state index contributed by atoms with van der Waals surface area (Å²) in [5.41, 5.74) is 29.4. The Labute approximate surface area is 338 Å². The number of aryl methyl sites for hydroxylation is 12. The van der Waals surface area contributed by atoms with Crippen molar-refractivity contribution >= 4 is 46.2 Å². The van der Waals surface area contributed by atoms with Crippen molar-refractivity contribution in [2.24, 2.45) is 0 Å². The number of benzene rings is 7. The first-order valence-corrected chi connectivity index (χ1v) is 20.3. The van der Waals surface area contributed by atoms with Crippen LogP contribution in [-0.2, 0) is 0 Å². The average molecular weight is 727 g/mol. The number of hydrogen-bond donors (Lipinski definition) is 0. The summed E-state index contributed by atoms with van der Waals surface area (Å²) in [7, 11) is 0. The molecule has 0 aliphatic rings. The Morgan fingerprint density at radius 3 is 0.714 bits per heavy atom. The van der Waals surface area contributed by atoms with Crippen LogP contribution in [0, 0.1) is 83.1 Å². The SMILES string of the molecule is Cc1cc(C)c(B(c2ccc(-c3cccc(-c4ccc(B(c5c(C)cc(C)cc5C)c5c(C)cc(C)cc5C)cc4)c3)cc2)c2c(C)cc(C)cc2C)c(C)c1. The Hall–Kier alpha value is -5.33. The van der Waals surface area contributed by atoms with E-state index >= 15 is 0 Å². The maximum atomic E-state index is 2.36. The molecule has 0 aromatic heterocycles. The fourth-order valence-electron chi connectivity index (χ4n) is 10.2. The Morgan fingerprint density at radius 1 is 0.250 bits per heavy atom. The van der Waals surface area contributed by atoms with E-state index in [-0.39, 0.29) is 13.4 Å². The molecule has 0 atom stereocenters. The Morgan fingerprint density at radius 2 is 0.482 bits per heavy atom. The summed E-state index contributed by atoms with van der Waals surface area (Å²) in [6, 6.07) is 46.5. The molecule has 0 aliphatic heterocycles. The van der Waals surface area contributed by atoms with Crippen molar-refractivity contribution < 1.29 is 0 Å². The van der Waals surface area contributed by atoms with Crippen LogP contribution in [0.2, 0.25) is 0 Å². The zero-order chi connectivity index (χ0) is 40.0. The molecule has 0 radical (unpaired) electrons. The lowest BCUT2D eigenvalue weighted by Crippen LogP contribution is -2.55. The molecule has 0 saturated heterocycles. The normalized spacial score (nSPS) is 11.2. The zero-order valence-corrected chi connectivity index (χ0v) is 35.7. The minimum atomic E-state index is 0.166. The summed E-state index contributed by atoms with van der Waals surface area (Å²) in [4.78, 5) is 0. The highest BCUT2D eigenvalue weighted by Gasteiger charge is 2.30. The molecule has 0 saturated carbocycles. The predicted octanol–water partition coefficient (Wildman–Crippen LogP) is 9.75. The van der Waals surface area contributed by atoms with Gasteiger partial charge in [-0.05, 0) is 111 Å². The molecule has 0 fully saturated rings. The van der Waals surface area contributed by atoms with E-state index in [1.54, 1.807) is 0 Å². The van der Waals surface area contributed by atoms with Gasteiger partial charge in [-0.25, -0.2) is 0 Å². The van der Waals surface area contributed by atoms with Crippen LogP contribution in [0.4, 0.5) is 0 Å². The van der Waals surface area contributed by atoms with Crippen molar-refractivity contribution in [1.29, 1.82) is 0 Å². The van der Waals surface area contributed by atoms with E-state index in [4.69, 9.17) is 0 Å². The van der Waals surface area contributed by atoms with Gasteiger partial charge in [-0.3, -0.25) is 0 Å². The molecule has 0 aliphatic carbocycles. The highest BCUT2D eigenvalue weighted by atomic mass is 14.1. The fourth-order valence-corrected chi connectivity index (χ4v) is 10.2. The molecule has 0 unspecified atom stereocenters. The molecule has 2 heteroatoms. The van der Waals surface area contributed by atoms with E-state index < -0.39 is 0 Å². The zero-order valence-electron chi connectivity index (χ0n) is 35.7. The second-order valence-electron chi connectivity index (χ2n) is 16.9. The van der Waals surface area contributed by atoms with Crippen LogP contribution in [0.5, 0.6) is 0 Å². The highest BCUT2D eigenvalue weighted by Crippen LogP contribution is 2.26. The van der Waals surface area contributed by atoms with Crippen LogP contribution in [0.15, 0.2) is 121 Å². The van der Waals surface area contributed by atoms with Crippen molar-refractivity contribution in [1.82, 2.24) is 0 Å². The lowest BCUT2D eigenvalue weighted by Gasteiger charge is -2.25. The number of rotatable bonds is 8. The summed E-state index contributed by atoms with van der Waals surface area (Å²) in [6.07, 6.45) is 0. The summed E-state index contributed by atoms with van der Waals surface area (Å²) in [5, 5.41) is 0. The quantitative estimate of drug-likeness (QED) is 0.137. The summed E-state index contributed by atoms with van der Waals surface area (Å²) in [6.45, 7) is 27.4. The van der Waals surface area contributed by atoms with Crippen LogP contribution < -0.4 is 32.8 Å². The van der Waals surface area contributed by atoms with Crippen molar-refractivity contribution in [3.8, 4) is 22.3 Å². The lowest BCUT2D eigenvalue weighted by molar-refractivity contribution is 1.34. The maximum absolute atomic E-state index is 2.36. The van der Waals surface area contributed by atoms with E-state index in [1.807, 2.05) is 0 Å². The molecule has 0 nitrogen and oxygen atoms in total. The first kappa shape index (κ1) is 38.9. The minimum absolute atomic E-state index is 0.166. The fraction of sp³-hybridized carbons (Fsp3) is 0.222. The van der Waals surface area contributed by atoms with Gasteiger partial charge in [0.05, 0.1) is 0 Å². The van der Waals surface area contributed by atoms with Gasteiger partial charge < -0.3 is 0 Å². The molecule has 0 spiro atoms. The van der Waals surface area contributed by atoms with Crippen LogP contribution in [0.1, 0.15) is 66.8 Å². The molecule has 0 bridgehead atoms. The van der Waals surface area contributed by atoms with Gasteiger partial charge in [0.25, 0.3) is 0 Å². The van der Waals surface area contributed by atoms with Crippen molar-refractivity contribution in [2.75, 3.05) is 0 Å². The van der Waals surface area contributed by atoms with E-state index in [0.29, 0.717) is 0 Å². The second-order valence-corrected chi connectivity index (χ2v) is 16.9. The third-order valence-corrected chi connectivity index (χ3v) is 12.1. The largest absolute Gasteiger partial charge is 0.242 e. The van der Waals surface area contributed by atoms with E-state index in [2.05, 4.69) is 204 Å². The molecular formula is C54H56B2. The molecule has 0 N–H and O–H groups in total. The van der Waals surface area contributed by atoms with Crippen LogP contribution in [-0.4, -0.2) is 13.4 Å². The van der Waals surface area contributed by atoms with Gasteiger partial charge in [-0.15, -0.1) is 0 Å². The molecule has 278 valence electrons. The molecular weight excluding hydrogens is 670 g/mol. The van der Waals surface area contributed by atoms with Gasteiger partial charge >= 0.3 is 0 Å². The summed E-state index contributed by atoms with van der Waals surface area (Å²) in [5.74, 6) is 0. The third kappa shape index (κ3) is 7.60. The molecule has 7 aromatic carbocycles. The van der Waals surface area contributed by atoms with Gasteiger partial charge in [0.15, 0.2) is 0 Å². The van der Waals surface area contributed by atoms with Crippen LogP contribution >= 0.6 is 0 Å². The summed E-state index contributed by atoms with van der Waals surface area (Å²) < 4.78 is 0. The maximum Gasteiger partial charge on any atom is 0.242 e. The standard InChI is InChI=1S/C54H56B2/c1-33-24-37(5)51(38(6)25-33)55(52-39(7)26-34(2)27-40(52)8)49-20-16-45(17-21-49)47-14-13-15-48(32-47)46-18-22-50(23-19-46)56(53-41(9)28-35(3)29-42(53)10)54-43(11)30-36(4)31-44(54)12/h13-32H,1-12H3. The first-order chi connectivity index (χ1) is 26.7. The third-order valence-electron chi connectivity index (χ3n) is 12.1. The molecule has 0 heterocycles. The first-order valence-electron chi connectivity index (χ1n) is 20.3. The molecule has 7 rings (SSSR count). The average Bonchev–Trinajstić information content (AvgIpc) is 3.12. The van der Waals surface area contributed by atoms with E-state index in [0.717, 1.165) is 0 Å². The Kier molecular flexibility index (Phi) is 10.9. The highest BCUT2D eigenvalue weighted by molar-refractivity contribution is 6.97. The van der Waals surface area contributed by atoms with Crippen molar-refractivity contribution in [3.05, 3.63) is 188 Å². The molecule has 56 heavy (non-hydrogen) atoms. The van der Waals surface area contributed by atoms with Gasteiger partial charge in [-0.1, -0.05) is 215 Å². The van der Waals surface area contributed by atoms with E-state index in [1.165, 1.54) is 122 Å². The molecule has 7 aromatic rings. The summed E-state index contributed by atoms with van der Waals surface area (Å²) >= 11 is 0. The van der Waals surface area contributed by atoms with Gasteiger partial charge in [0.2, 0.25) is 13.4 Å². The Bertz CT molecular complexity index is 2200. The van der Waals surface area contributed by atoms with Crippen LogP contribution in [0.25, 0.3) is 22.3 Å². The topological polar surface area (TPSA) is 0 Å². The van der Waals surface area contributed by atoms with Gasteiger partial charge in [-0.2, -0.15) is 0 Å². The molecule has 0 amide bonds. The Balaban J connectivity index is 1.25. The monoisotopic (exact) mass is 726 g/mol. The number of hydrogen-bond acceptors (Lipinski definition) is 0. The van der Waals surface area contributed by atoms with E-state index in [9.17, 15) is 0 Å². The van der Waals surface area contributed by atoms with Gasteiger partial charge in [0.1, 0.15) is 0 Å². The predicted molar refractivity (Wildman–Crippen MR) is 249 cm³/mol.